The molecule has 0 N–H and O–H groups in total. The summed E-state index contributed by atoms with van der Waals surface area (Å²) in [5, 5.41) is 8.43. The number of amides is 1. The van der Waals surface area contributed by atoms with E-state index in [1.165, 1.54) is 0 Å². The van der Waals surface area contributed by atoms with Crippen LogP contribution in [0.4, 0.5) is 0 Å². The Morgan fingerprint density at radius 2 is 2.13 bits per heavy atom. The number of pyridine rings is 1. The fraction of sp³-hybridized carbons (Fsp3) is 0.455. The summed E-state index contributed by atoms with van der Waals surface area (Å²) in [5.41, 5.74) is 4.36. The highest BCUT2D eigenvalue weighted by atomic mass is 16.5. The van der Waals surface area contributed by atoms with Crippen LogP contribution in [0.5, 0.6) is 0 Å². The van der Waals surface area contributed by atoms with Crippen molar-refractivity contribution in [2.45, 2.75) is 46.3 Å². The number of hydrogen-bond donors (Lipinski definition) is 0. The molecule has 1 fully saturated rings. The fourth-order valence-corrected chi connectivity index (χ4v) is 3.77. The Balaban J connectivity index is 1.45. The van der Waals surface area contributed by atoms with Gasteiger partial charge in [-0.05, 0) is 32.0 Å². The van der Waals surface area contributed by atoms with Crippen LogP contribution in [0.3, 0.4) is 0 Å². The van der Waals surface area contributed by atoms with Crippen LogP contribution < -0.4 is 0 Å². The van der Waals surface area contributed by atoms with E-state index in [0.717, 1.165) is 40.5 Å². The summed E-state index contributed by atoms with van der Waals surface area (Å²) in [6, 6.07) is 7.81. The highest BCUT2D eigenvalue weighted by Crippen LogP contribution is 2.29. The quantitative estimate of drug-likeness (QED) is 0.622. The van der Waals surface area contributed by atoms with Gasteiger partial charge in [0.1, 0.15) is 11.9 Å². The summed E-state index contributed by atoms with van der Waals surface area (Å²) >= 11 is 0. The molecule has 30 heavy (non-hydrogen) atoms. The van der Waals surface area contributed by atoms with E-state index in [9.17, 15) is 4.79 Å². The smallest absolute Gasteiger partial charge is 0.224 e. The molecule has 4 rings (SSSR count). The zero-order valence-corrected chi connectivity index (χ0v) is 17.7. The van der Waals surface area contributed by atoms with Crippen LogP contribution in [0, 0.1) is 13.8 Å². The van der Waals surface area contributed by atoms with Crippen LogP contribution in [-0.4, -0.2) is 50.4 Å². The Hall–Kier alpha value is -3.00. The van der Waals surface area contributed by atoms with Gasteiger partial charge in [0.25, 0.3) is 0 Å². The van der Waals surface area contributed by atoms with Crippen molar-refractivity contribution in [3.8, 4) is 11.3 Å². The lowest BCUT2D eigenvalue weighted by Crippen LogP contribution is -2.42. The normalized spacial score (nSPS) is 16.8. The molecule has 3 aromatic rings. The first kappa shape index (κ1) is 20.3. The van der Waals surface area contributed by atoms with Crippen molar-refractivity contribution in [1.29, 1.82) is 0 Å². The Kier molecular flexibility index (Phi) is 5.94. The predicted molar refractivity (Wildman–Crippen MR) is 111 cm³/mol. The molecule has 1 aliphatic rings. The van der Waals surface area contributed by atoms with Gasteiger partial charge in [-0.1, -0.05) is 18.1 Å². The zero-order valence-electron chi connectivity index (χ0n) is 17.7. The van der Waals surface area contributed by atoms with Crippen molar-refractivity contribution in [2.24, 2.45) is 0 Å². The number of nitrogens with zero attached hydrogens (tertiary/aromatic N) is 5. The third-order valence-electron chi connectivity index (χ3n) is 5.36. The Morgan fingerprint density at radius 1 is 1.27 bits per heavy atom. The molecule has 1 atom stereocenters. The molecule has 0 radical (unpaired) electrons. The van der Waals surface area contributed by atoms with Crippen LogP contribution in [0.15, 0.2) is 35.0 Å². The van der Waals surface area contributed by atoms with Crippen molar-refractivity contribution in [1.82, 2.24) is 24.8 Å². The standard InChI is InChI=1S/C22H27N5O3/c1-4-19-22(16(3)25-30-19)18-7-5-6-17(23-18)20-14-26(12-13-29-20)21(28)9-11-27-10-8-15(2)24-27/h5-8,10,20H,4,9,11-14H2,1-3H3/t20-/m0/s1. The van der Waals surface area contributed by atoms with Gasteiger partial charge in [-0.25, -0.2) is 4.98 Å². The molecule has 1 saturated heterocycles. The highest BCUT2D eigenvalue weighted by Gasteiger charge is 2.27. The zero-order chi connectivity index (χ0) is 21.1. The van der Waals surface area contributed by atoms with E-state index >= 15 is 0 Å². The first-order chi connectivity index (χ1) is 14.5. The molecular formula is C22H27N5O3. The van der Waals surface area contributed by atoms with Gasteiger partial charge in [0.05, 0.1) is 41.5 Å². The molecule has 0 aromatic carbocycles. The number of ether oxygens (including phenoxy) is 1. The van der Waals surface area contributed by atoms with E-state index in [2.05, 4.69) is 10.3 Å². The van der Waals surface area contributed by atoms with E-state index in [0.29, 0.717) is 32.7 Å². The molecule has 158 valence electrons. The third kappa shape index (κ3) is 4.28. The average Bonchev–Trinajstić information content (AvgIpc) is 3.37. The fourth-order valence-electron chi connectivity index (χ4n) is 3.77. The van der Waals surface area contributed by atoms with E-state index in [1.54, 1.807) is 0 Å². The van der Waals surface area contributed by atoms with Gasteiger partial charge in [0.15, 0.2) is 0 Å². The SMILES string of the molecule is CCc1onc(C)c1-c1cccc([C@@H]2CN(C(=O)CCn3ccc(C)n3)CCO2)n1. The first-order valence-electron chi connectivity index (χ1n) is 10.4. The summed E-state index contributed by atoms with van der Waals surface area (Å²) in [7, 11) is 0. The van der Waals surface area contributed by atoms with Crippen LogP contribution in [0.25, 0.3) is 11.3 Å². The second kappa shape index (κ2) is 8.79. The predicted octanol–water partition coefficient (Wildman–Crippen LogP) is 3.10. The second-order valence-electron chi connectivity index (χ2n) is 7.54. The molecule has 8 nitrogen and oxygen atoms in total. The maximum Gasteiger partial charge on any atom is 0.224 e. The average molecular weight is 409 g/mol. The van der Waals surface area contributed by atoms with E-state index in [1.807, 2.05) is 60.8 Å². The number of aryl methyl sites for hydroxylation is 4. The first-order valence-corrected chi connectivity index (χ1v) is 10.4. The van der Waals surface area contributed by atoms with Gasteiger partial charge in [-0.2, -0.15) is 5.10 Å². The van der Waals surface area contributed by atoms with Gasteiger partial charge in [0, 0.05) is 32.1 Å². The number of hydrogen-bond acceptors (Lipinski definition) is 6. The van der Waals surface area contributed by atoms with Gasteiger partial charge >= 0.3 is 0 Å². The second-order valence-corrected chi connectivity index (χ2v) is 7.54. The molecule has 0 unspecified atom stereocenters. The van der Waals surface area contributed by atoms with Crippen LogP contribution in [0.2, 0.25) is 0 Å². The lowest BCUT2D eigenvalue weighted by molar-refractivity contribution is -0.139. The molecule has 3 aromatic heterocycles. The van der Waals surface area contributed by atoms with Gasteiger partial charge in [0.2, 0.25) is 5.91 Å². The molecule has 0 spiro atoms. The van der Waals surface area contributed by atoms with Crippen LogP contribution in [0.1, 0.15) is 42.3 Å². The van der Waals surface area contributed by atoms with Gasteiger partial charge in [-0.15, -0.1) is 0 Å². The lowest BCUT2D eigenvalue weighted by Gasteiger charge is -2.33. The molecule has 4 heterocycles. The molecular weight excluding hydrogens is 382 g/mol. The van der Waals surface area contributed by atoms with Crippen molar-refractivity contribution in [2.75, 3.05) is 19.7 Å². The van der Waals surface area contributed by atoms with Crippen molar-refractivity contribution in [3.05, 3.63) is 53.3 Å². The minimum Gasteiger partial charge on any atom is -0.368 e. The highest BCUT2D eigenvalue weighted by molar-refractivity contribution is 5.76. The number of carbonyl (C=O) groups is 1. The molecule has 1 aliphatic heterocycles. The Morgan fingerprint density at radius 3 is 2.90 bits per heavy atom. The molecule has 0 aliphatic carbocycles. The Labute approximate surface area is 175 Å². The summed E-state index contributed by atoms with van der Waals surface area (Å²) in [6.07, 6.45) is 2.82. The summed E-state index contributed by atoms with van der Waals surface area (Å²) in [4.78, 5) is 19.4. The largest absolute Gasteiger partial charge is 0.368 e. The minimum absolute atomic E-state index is 0.107. The van der Waals surface area contributed by atoms with E-state index in [-0.39, 0.29) is 12.0 Å². The summed E-state index contributed by atoms with van der Waals surface area (Å²) < 4.78 is 13.2. The number of carbonyl (C=O) groups excluding carboxylic acids is 1. The maximum atomic E-state index is 12.7. The van der Waals surface area contributed by atoms with E-state index in [4.69, 9.17) is 14.2 Å². The third-order valence-corrected chi connectivity index (χ3v) is 5.36. The van der Waals surface area contributed by atoms with Crippen molar-refractivity contribution < 1.29 is 14.1 Å². The minimum atomic E-state index is -0.250. The van der Waals surface area contributed by atoms with Crippen LogP contribution in [-0.2, 0) is 22.5 Å². The van der Waals surface area contributed by atoms with Gasteiger partial charge in [-0.3, -0.25) is 9.48 Å². The summed E-state index contributed by atoms with van der Waals surface area (Å²) in [5.74, 6) is 0.933. The molecule has 1 amide bonds. The molecule has 8 heteroatoms. The van der Waals surface area contributed by atoms with Crippen molar-refractivity contribution >= 4 is 5.91 Å². The van der Waals surface area contributed by atoms with Gasteiger partial charge < -0.3 is 14.2 Å². The van der Waals surface area contributed by atoms with Crippen molar-refractivity contribution in [3.63, 3.8) is 0 Å². The lowest BCUT2D eigenvalue weighted by atomic mass is 10.1. The number of rotatable bonds is 6. The number of morpholine rings is 1. The summed E-state index contributed by atoms with van der Waals surface area (Å²) in [6.45, 7) is 8.06. The monoisotopic (exact) mass is 409 g/mol. The van der Waals surface area contributed by atoms with Crippen LogP contribution >= 0.6 is 0 Å². The van der Waals surface area contributed by atoms with E-state index < -0.39 is 0 Å². The number of aromatic nitrogens is 4. The molecule has 0 saturated carbocycles. The Bertz CT molecular complexity index is 1030. The maximum absolute atomic E-state index is 12.7. The molecule has 0 bridgehead atoms. The topological polar surface area (TPSA) is 86.3 Å².